The van der Waals surface area contributed by atoms with Gasteiger partial charge in [-0.15, -0.1) is 0 Å². The summed E-state index contributed by atoms with van der Waals surface area (Å²) in [6, 6.07) is 1.84. The van der Waals surface area contributed by atoms with E-state index in [9.17, 15) is 5.11 Å². The zero-order valence-corrected chi connectivity index (χ0v) is 12.9. The van der Waals surface area contributed by atoms with Crippen LogP contribution >= 0.6 is 23.2 Å². The van der Waals surface area contributed by atoms with Crippen molar-refractivity contribution in [2.75, 3.05) is 13.1 Å². The maximum atomic E-state index is 10.1. The highest BCUT2D eigenvalue weighted by Gasteiger charge is 2.25. The summed E-state index contributed by atoms with van der Waals surface area (Å²) in [6.45, 7) is 6.29. The Balaban J connectivity index is 2.09. The van der Waals surface area contributed by atoms with E-state index in [1.807, 2.05) is 19.9 Å². The molecule has 1 atom stereocenters. The Kier molecular flexibility index (Phi) is 4.72. The third kappa shape index (κ3) is 4.06. The number of rotatable bonds is 2. The van der Waals surface area contributed by atoms with Gasteiger partial charge in [0.1, 0.15) is 5.15 Å². The summed E-state index contributed by atoms with van der Waals surface area (Å²) in [5.74, 6) is 0. The van der Waals surface area contributed by atoms with Gasteiger partial charge in [-0.2, -0.15) is 0 Å². The minimum atomic E-state index is -0.548. The minimum Gasteiger partial charge on any atom is -0.390 e. The number of halogens is 2. The van der Waals surface area contributed by atoms with Crippen molar-refractivity contribution in [1.82, 2.24) is 9.88 Å². The van der Waals surface area contributed by atoms with Crippen molar-refractivity contribution in [1.29, 1.82) is 0 Å². The van der Waals surface area contributed by atoms with Gasteiger partial charge >= 0.3 is 0 Å². The molecule has 0 amide bonds. The fraction of sp³-hybridized carbons (Fsp3) is 0.643. The lowest BCUT2D eigenvalue weighted by Crippen LogP contribution is -2.28. The van der Waals surface area contributed by atoms with Crippen LogP contribution < -0.4 is 0 Å². The lowest BCUT2D eigenvalue weighted by Gasteiger charge is -2.23. The Hall–Kier alpha value is -0.350. The van der Waals surface area contributed by atoms with Gasteiger partial charge in [0.25, 0.3) is 0 Å². The topological polar surface area (TPSA) is 36.4 Å². The van der Waals surface area contributed by atoms with Crippen molar-refractivity contribution in [3.8, 4) is 0 Å². The second-order valence-electron chi connectivity index (χ2n) is 5.64. The van der Waals surface area contributed by atoms with Gasteiger partial charge in [-0.05, 0) is 45.7 Å². The van der Waals surface area contributed by atoms with Crippen LogP contribution in [0.25, 0.3) is 0 Å². The predicted molar refractivity (Wildman–Crippen MR) is 78.7 cm³/mol. The first kappa shape index (κ1) is 15.0. The van der Waals surface area contributed by atoms with Gasteiger partial charge in [0.15, 0.2) is 0 Å². The molecule has 1 N–H and O–H groups in total. The quantitative estimate of drug-likeness (QED) is 0.850. The largest absolute Gasteiger partial charge is 0.390 e. The molecule has 0 radical (unpaired) electrons. The van der Waals surface area contributed by atoms with Gasteiger partial charge < -0.3 is 5.11 Å². The van der Waals surface area contributed by atoms with Crippen molar-refractivity contribution in [2.24, 2.45) is 0 Å². The molecule has 1 aromatic rings. The van der Waals surface area contributed by atoms with Crippen molar-refractivity contribution < 1.29 is 5.11 Å². The smallest absolute Gasteiger partial charge is 0.135 e. The molecule has 0 aromatic carbocycles. The first-order chi connectivity index (χ1) is 8.87. The highest BCUT2D eigenvalue weighted by Crippen LogP contribution is 2.27. The Morgan fingerprint density at radius 2 is 2.11 bits per heavy atom. The van der Waals surface area contributed by atoms with Gasteiger partial charge in [0.2, 0.25) is 0 Å². The molecule has 2 rings (SSSR count). The molecule has 1 aromatic heterocycles. The molecule has 106 valence electrons. The molecule has 0 aliphatic carbocycles. The molecule has 3 nitrogen and oxygen atoms in total. The maximum Gasteiger partial charge on any atom is 0.135 e. The molecule has 2 heterocycles. The van der Waals surface area contributed by atoms with Crippen molar-refractivity contribution in [3.05, 3.63) is 27.5 Å². The normalized spacial score (nSPS) is 25.3. The third-order valence-corrected chi connectivity index (χ3v) is 4.34. The number of aromatic nitrogens is 1. The Morgan fingerprint density at radius 3 is 2.79 bits per heavy atom. The highest BCUT2D eigenvalue weighted by molar-refractivity contribution is 6.35. The van der Waals surface area contributed by atoms with Crippen LogP contribution in [0, 0.1) is 6.92 Å². The van der Waals surface area contributed by atoms with E-state index in [0.717, 1.165) is 43.6 Å². The van der Waals surface area contributed by atoms with E-state index in [1.165, 1.54) is 0 Å². The molecule has 1 unspecified atom stereocenters. The van der Waals surface area contributed by atoms with E-state index in [2.05, 4.69) is 9.88 Å². The molecule has 1 aliphatic rings. The Bertz CT molecular complexity index is 440. The van der Waals surface area contributed by atoms with Crippen LogP contribution in [0.1, 0.15) is 37.4 Å². The fourth-order valence-electron chi connectivity index (χ4n) is 2.47. The Labute approximate surface area is 124 Å². The number of hydrogen-bond donors (Lipinski definition) is 1. The third-order valence-electron chi connectivity index (χ3n) is 3.69. The second kappa shape index (κ2) is 5.96. The predicted octanol–water partition coefficient (Wildman–Crippen LogP) is 3.43. The molecular formula is C14H20Cl2N2O. The second-order valence-corrected chi connectivity index (χ2v) is 6.41. The standard InChI is InChI=1S/C14H20Cl2N2O/c1-10-8-12(15)11(13(16)17-10)9-18-6-3-4-14(2,19)5-7-18/h8,19H,3-7,9H2,1-2H3. The van der Waals surface area contributed by atoms with Crippen molar-refractivity contribution >= 4 is 23.2 Å². The van der Waals surface area contributed by atoms with Crippen LogP contribution in [-0.4, -0.2) is 33.7 Å². The lowest BCUT2D eigenvalue weighted by molar-refractivity contribution is 0.0444. The number of hydrogen-bond acceptors (Lipinski definition) is 3. The van der Waals surface area contributed by atoms with Crippen LogP contribution in [0.5, 0.6) is 0 Å². The molecule has 0 bridgehead atoms. The zero-order chi connectivity index (χ0) is 14.0. The van der Waals surface area contributed by atoms with E-state index < -0.39 is 5.60 Å². The molecule has 1 fully saturated rings. The van der Waals surface area contributed by atoms with Gasteiger partial charge in [0.05, 0.1) is 5.60 Å². The van der Waals surface area contributed by atoms with Crippen LogP contribution in [0.2, 0.25) is 10.2 Å². The molecular weight excluding hydrogens is 283 g/mol. The SMILES string of the molecule is Cc1cc(Cl)c(CN2CCCC(C)(O)CC2)c(Cl)n1. The summed E-state index contributed by atoms with van der Waals surface area (Å²) in [6.07, 6.45) is 2.61. The lowest BCUT2D eigenvalue weighted by atomic mass is 9.98. The van der Waals surface area contributed by atoms with Crippen molar-refractivity contribution in [3.63, 3.8) is 0 Å². The molecule has 1 aliphatic heterocycles. The molecule has 1 saturated heterocycles. The zero-order valence-electron chi connectivity index (χ0n) is 11.4. The van der Waals surface area contributed by atoms with Gasteiger partial charge in [-0.3, -0.25) is 4.90 Å². The van der Waals surface area contributed by atoms with E-state index in [0.29, 0.717) is 16.7 Å². The monoisotopic (exact) mass is 302 g/mol. The number of nitrogens with zero attached hydrogens (tertiary/aromatic N) is 2. The number of pyridine rings is 1. The number of aliphatic hydroxyl groups is 1. The first-order valence-corrected chi connectivity index (χ1v) is 7.39. The minimum absolute atomic E-state index is 0.487. The Morgan fingerprint density at radius 1 is 1.37 bits per heavy atom. The van der Waals surface area contributed by atoms with E-state index >= 15 is 0 Å². The molecule has 5 heteroatoms. The van der Waals surface area contributed by atoms with Crippen LogP contribution in [0.3, 0.4) is 0 Å². The van der Waals surface area contributed by atoms with Gasteiger partial charge in [-0.25, -0.2) is 4.98 Å². The fourth-order valence-corrected chi connectivity index (χ4v) is 3.12. The summed E-state index contributed by atoms with van der Waals surface area (Å²) in [5.41, 5.74) is 1.17. The number of likely N-dealkylation sites (tertiary alicyclic amines) is 1. The van der Waals surface area contributed by atoms with E-state index in [4.69, 9.17) is 23.2 Å². The first-order valence-electron chi connectivity index (χ1n) is 6.64. The average molecular weight is 303 g/mol. The van der Waals surface area contributed by atoms with Gasteiger partial charge in [0, 0.05) is 29.4 Å². The molecule has 0 spiro atoms. The summed E-state index contributed by atoms with van der Waals surface area (Å²) in [7, 11) is 0. The van der Waals surface area contributed by atoms with Crippen LogP contribution in [-0.2, 0) is 6.54 Å². The van der Waals surface area contributed by atoms with Gasteiger partial charge in [-0.1, -0.05) is 23.2 Å². The van der Waals surface area contributed by atoms with E-state index in [-0.39, 0.29) is 0 Å². The van der Waals surface area contributed by atoms with E-state index in [1.54, 1.807) is 0 Å². The van der Waals surface area contributed by atoms with Crippen LogP contribution in [0.15, 0.2) is 6.07 Å². The van der Waals surface area contributed by atoms with Crippen LogP contribution in [0.4, 0.5) is 0 Å². The summed E-state index contributed by atoms with van der Waals surface area (Å²) in [4.78, 5) is 6.54. The summed E-state index contributed by atoms with van der Waals surface area (Å²) in [5, 5.41) is 11.3. The summed E-state index contributed by atoms with van der Waals surface area (Å²) < 4.78 is 0. The number of aryl methyl sites for hydroxylation is 1. The molecule has 0 saturated carbocycles. The molecule has 19 heavy (non-hydrogen) atoms. The highest BCUT2D eigenvalue weighted by atomic mass is 35.5. The summed E-state index contributed by atoms with van der Waals surface area (Å²) >= 11 is 12.4. The average Bonchev–Trinajstić information content (AvgIpc) is 2.45. The van der Waals surface area contributed by atoms with Crippen molar-refractivity contribution in [2.45, 2.75) is 45.3 Å². The maximum absolute atomic E-state index is 10.1.